The van der Waals surface area contributed by atoms with Crippen molar-refractivity contribution in [2.45, 2.75) is 11.8 Å². The van der Waals surface area contributed by atoms with Crippen LogP contribution in [0.3, 0.4) is 0 Å². The van der Waals surface area contributed by atoms with Crippen LogP contribution >= 0.6 is 20.2 Å². The second-order valence-corrected chi connectivity index (χ2v) is 4.33. The average molecular weight is 244 g/mol. The number of benzene rings is 1. The lowest BCUT2D eigenvalue weighted by Gasteiger charge is -2.04. The molecule has 0 aliphatic carbocycles. The summed E-state index contributed by atoms with van der Waals surface area (Å²) < 4.78 is 10.1. The van der Waals surface area contributed by atoms with Gasteiger partial charge in [0.1, 0.15) is 5.38 Å². The third-order valence-electron chi connectivity index (χ3n) is 1.95. The van der Waals surface area contributed by atoms with Gasteiger partial charge >= 0.3 is 8.60 Å². The minimum Gasteiger partial charge on any atom is -0.414 e. The number of hydrogen-bond acceptors (Lipinski definition) is 4. The van der Waals surface area contributed by atoms with Gasteiger partial charge < -0.3 is 13.9 Å². The first-order valence-electron chi connectivity index (χ1n) is 4.21. The van der Waals surface area contributed by atoms with Crippen LogP contribution in [0.15, 0.2) is 18.2 Å². The SMILES string of the molecule is N#CC(Cl)Cc1cccc2c1OP(O)O2. The second-order valence-electron chi connectivity index (χ2n) is 2.97. The fourth-order valence-electron chi connectivity index (χ4n) is 1.32. The lowest BCUT2D eigenvalue weighted by atomic mass is 10.1. The van der Waals surface area contributed by atoms with Gasteiger partial charge in [-0.15, -0.1) is 11.6 Å². The maximum absolute atomic E-state index is 9.19. The van der Waals surface area contributed by atoms with E-state index in [1.807, 2.05) is 6.07 Å². The molecule has 4 nitrogen and oxygen atoms in total. The van der Waals surface area contributed by atoms with Crippen LogP contribution in [0, 0.1) is 11.3 Å². The van der Waals surface area contributed by atoms with Gasteiger partial charge in [0.15, 0.2) is 11.5 Å². The molecule has 0 bridgehead atoms. The molecule has 2 rings (SSSR count). The van der Waals surface area contributed by atoms with Gasteiger partial charge in [-0.05, 0) is 6.07 Å². The highest BCUT2D eigenvalue weighted by Gasteiger charge is 2.27. The molecular weight excluding hydrogens is 237 g/mol. The lowest BCUT2D eigenvalue weighted by molar-refractivity contribution is 0.428. The predicted molar refractivity (Wildman–Crippen MR) is 55.8 cm³/mol. The normalized spacial score (nSPS) is 19.7. The van der Waals surface area contributed by atoms with Crippen molar-refractivity contribution in [1.82, 2.24) is 0 Å². The molecule has 2 unspecified atom stereocenters. The zero-order valence-corrected chi connectivity index (χ0v) is 9.20. The summed E-state index contributed by atoms with van der Waals surface area (Å²) in [4.78, 5) is 9.19. The lowest BCUT2D eigenvalue weighted by Crippen LogP contribution is -2.00. The molecule has 0 radical (unpaired) electrons. The van der Waals surface area contributed by atoms with Crippen molar-refractivity contribution in [1.29, 1.82) is 5.26 Å². The first-order chi connectivity index (χ1) is 7.20. The highest BCUT2D eigenvalue weighted by molar-refractivity contribution is 7.41. The molecule has 6 heteroatoms. The number of para-hydroxylation sites is 1. The van der Waals surface area contributed by atoms with Gasteiger partial charge in [-0.1, -0.05) is 12.1 Å². The van der Waals surface area contributed by atoms with E-state index in [4.69, 9.17) is 25.9 Å². The standard InChI is InChI=1S/C9H7ClNO3P/c10-7(5-11)4-6-2-1-3-8-9(6)14-15(12)13-8/h1-3,7,12H,4H2. The molecule has 1 aromatic carbocycles. The molecule has 78 valence electrons. The zero-order chi connectivity index (χ0) is 10.8. The van der Waals surface area contributed by atoms with E-state index in [0.717, 1.165) is 5.56 Å². The van der Waals surface area contributed by atoms with E-state index in [2.05, 4.69) is 0 Å². The molecule has 0 aromatic heterocycles. The fraction of sp³-hybridized carbons (Fsp3) is 0.222. The van der Waals surface area contributed by atoms with Crippen LogP contribution in [0.2, 0.25) is 0 Å². The van der Waals surface area contributed by atoms with Crippen molar-refractivity contribution in [2.75, 3.05) is 0 Å². The monoisotopic (exact) mass is 243 g/mol. The van der Waals surface area contributed by atoms with E-state index in [1.54, 1.807) is 18.2 Å². The Morgan fingerprint density at radius 2 is 2.33 bits per heavy atom. The summed E-state index contributed by atoms with van der Waals surface area (Å²) >= 11 is 5.72. The Morgan fingerprint density at radius 3 is 3.07 bits per heavy atom. The summed E-state index contributed by atoms with van der Waals surface area (Å²) in [7, 11) is -1.86. The summed E-state index contributed by atoms with van der Waals surface area (Å²) in [6.07, 6.45) is 0.369. The van der Waals surface area contributed by atoms with Crippen molar-refractivity contribution in [3.63, 3.8) is 0 Å². The molecule has 0 fully saturated rings. The number of fused-ring (bicyclic) bond motifs is 1. The molecule has 15 heavy (non-hydrogen) atoms. The van der Waals surface area contributed by atoms with Crippen molar-refractivity contribution in [3.05, 3.63) is 23.8 Å². The number of alkyl halides is 1. The molecule has 1 N–H and O–H groups in total. The van der Waals surface area contributed by atoms with E-state index < -0.39 is 14.0 Å². The first kappa shape index (κ1) is 10.5. The summed E-state index contributed by atoms with van der Waals surface area (Å²) in [6, 6.07) is 7.19. The highest BCUT2D eigenvalue weighted by atomic mass is 35.5. The van der Waals surface area contributed by atoms with Gasteiger partial charge in [-0.3, -0.25) is 0 Å². The minimum absolute atomic E-state index is 0.369. The molecule has 0 saturated heterocycles. The van der Waals surface area contributed by atoms with E-state index in [-0.39, 0.29) is 0 Å². The molecule has 1 aliphatic rings. The zero-order valence-electron chi connectivity index (χ0n) is 7.55. The van der Waals surface area contributed by atoms with Crippen LogP contribution in [0.1, 0.15) is 5.56 Å². The van der Waals surface area contributed by atoms with Gasteiger partial charge in [-0.2, -0.15) is 5.26 Å². The fourth-order valence-corrected chi connectivity index (χ4v) is 2.20. The van der Waals surface area contributed by atoms with Crippen molar-refractivity contribution in [3.8, 4) is 17.6 Å². The highest BCUT2D eigenvalue weighted by Crippen LogP contribution is 2.51. The molecule has 1 heterocycles. The number of rotatable bonds is 2. The van der Waals surface area contributed by atoms with Crippen molar-refractivity contribution < 1.29 is 13.9 Å². The van der Waals surface area contributed by atoms with Crippen LogP contribution in [0.25, 0.3) is 0 Å². The van der Waals surface area contributed by atoms with Gasteiger partial charge in [0.2, 0.25) is 0 Å². The van der Waals surface area contributed by atoms with Crippen LogP contribution in [0.4, 0.5) is 0 Å². The van der Waals surface area contributed by atoms with Crippen LogP contribution < -0.4 is 9.05 Å². The van der Waals surface area contributed by atoms with Crippen LogP contribution in [-0.2, 0) is 6.42 Å². The quantitative estimate of drug-likeness (QED) is 0.640. The Morgan fingerprint density at radius 1 is 1.53 bits per heavy atom. The summed E-state index contributed by atoms with van der Waals surface area (Å²) in [5, 5.41) is 7.99. The van der Waals surface area contributed by atoms with Gasteiger partial charge in [0, 0.05) is 12.0 Å². The summed E-state index contributed by atoms with van der Waals surface area (Å²) in [5.74, 6) is 0.995. The molecule has 0 saturated carbocycles. The predicted octanol–water partition coefficient (Wildman–Crippen LogP) is 2.35. The Labute approximate surface area is 93.0 Å². The smallest absolute Gasteiger partial charge is 0.414 e. The second kappa shape index (κ2) is 4.24. The molecule has 0 amide bonds. The van der Waals surface area contributed by atoms with Crippen LogP contribution in [0.5, 0.6) is 11.5 Å². The minimum atomic E-state index is -1.86. The summed E-state index contributed by atoms with van der Waals surface area (Å²) in [5.41, 5.74) is 0.771. The molecular formula is C9H7ClNO3P. The largest absolute Gasteiger partial charge is 0.460 e. The first-order valence-corrected chi connectivity index (χ1v) is 5.78. The Hall–Kier alpha value is -1.01. The average Bonchev–Trinajstić information content (AvgIpc) is 2.59. The Balaban J connectivity index is 2.27. The number of halogens is 1. The van der Waals surface area contributed by atoms with E-state index in [0.29, 0.717) is 17.9 Å². The molecule has 1 aliphatic heterocycles. The maximum atomic E-state index is 9.19. The number of hydrogen-bond donors (Lipinski definition) is 1. The van der Waals surface area contributed by atoms with E-state index in [1.165, 1.54) is 0 Å². The van der Waals surface area contributed by atoms with Gasteiger partial charge in [-0.25, -0.2) is 0 Å². The Bertz CT molecular complexity index is 420. The van der Waals surface area contributed by atoms with Gasteiger partial charge in [0.25, 0.3) is 0 Å². The van der Waals surface area contributed by atoms with E-state index in [9.17, 15) is 4.89 Å². The Kier molecular flexibility index (Phi) is 2.97. The topological polar surface area (TPSA) is 62.5 Å². The number of nitrogens with zero attached hydrogens (tertiary/aromatic N) is 1. The maximum Gasteiger partial charge on any atom is 0.460 e. The van der Waals surface area contributed by atoms with Crippen molar-refractivity contribution in [2.24, 2.45) is 0 Å². The van der Waals surface area contributed by atoms with Gasteiger partial charge in [0.05, 0.1) is 6.07 Å². The summed E-state index contributed by atoms with van der Waals surface area (Å²) in [6.45, 7) is 0. The third kappa shape index (κ3) is 2.15. The molecule has 2 atom stereocenters. The molecule has 0 spiro atoms. The van der Waals surface area contributed by atoms with Crippen LogP contribution in [-0.4, -0.2) is 10.3 Å². The van der Waals surface area contributed by atoms with Crippen molar-refractivity contribution >= 4 is 20.2 Å². The molecule has 1 aromatic rings. The number of nitriles is 1. The van der Waals surface area contributed by atoms with E-state index >= 15 is 0 Å². The third-order valence-corrected chi connectivity index (χ3v) is 2.89.